The first kappa shape index (κ1) is 13.1. The molecular weight excluding hydrogens is 262 g/mol. The fourth-order valence-electron chi connectivity index (χ4n) is 3.39. The van der Waals surface area contributed by atoms with E-state index in [4.69, 9.17) is 4.98 Å². The van der Waals surface area contributed by atoms with Crippen LogP contribution in [0.1, 0.15) is 31.4 Å². The highest BCUT2D eigenvalue weighted by Gasteiger charge is 2.33. The van der Waals surface area contributed by atoms with Crippen LogP contribution in [0.15, 0.2) is 18.5 Å². The quantitative estimate of drug-likeness (QED) is 0.933. The zero-order chi connectivity index (χ0) is 14.2. The lowest BCUT2D eigenvalue weighted by atomic mass is 9.97. The molecule has 5 nitrogen and oxygen atoms in total. The van der Waals surface area contributed by atoms with Crippen molar-refractivity contribution in [2.75, 3.05) is 24.5 Å². The lowest BCUT2D eigenvalue weighted by molar-refractivity contribution is 0.372. The van der Waals surface area contributed by atoms with Gasteiger partial charge in [0.1, 0.15) is 5.52 Å². The average Bonchev–Trinajstić information content (AvgIpc) is 3.26. The molecule has 0 atom stereocenters. The molecule has 2 aliphatic rings. The highest BCUT2D eigenvalue weighted by atomic mass is 15.3. The maximum absolute atomic E-state index is 4.70. The van der Waals surface area contributed by atoms with Gasteiger partial charge in [0.2, 0.25) is 0 Å². The van der Waals surface area contributed by atoms with E-state index in [1.54, 1.807) is 0 Å². The summed E-state index contributed by atoms with van der Waals surface area (Å²) in [4.78, 5) is 7.24. The van der Waals surface area contributed by atoms with Crippen LogP contribution in [0.3, 0.4) is 0 Å². The number of rotatable bonds is 4. The maximum Gasteiger partial charge on any atom is 0.154 e. The van der Waals surface area contributed by atoms with E-state index in [0.29, 0.717) is 6.04 Å². The van der Waals surface area contributed by atoms with Gasteiger partial charge in [0.25, 0.3) is 0 Å². The summed E-state index contributed by atoms with van der Waals surface area (Å²) in [5, 5.41) is 7.98. The number of aryl methyl sites for hydroxylation is 1. The smallest absolute Gasteiger partial charge is 0.154 e. The van der Waals surface area contributed by atoms with Crippen LogP contribution in [0.25, 0.3) is 5.52 Å². The monoisotopic (exact) mass is 285 g/mol. The van der Waals surface area contributed by atoms with Crippen molar-refractivity contribution < 1.29 is 0 Å². The van der Waals surface area contributed by atoms with Gasteiger partial charge in [-0.3, -0.25) is 0 Å². The molecule has 2 fully saturated rings. The van der Waals surface area contributed by atoms with E-state index in [9.17, 15) is 0 Å². The Labute approximate surface area is 125 Å². The van der Waals surface area contributed by atoms with Gasteiger partial charge in [-0.05, 0) is 57.7 Å². The van der Waals surface area contributed by atoms with E-state index in [-0.39, 0.29) is 0 Å². The molecule has 112 valence electrons. The number of fused-ring (bicyclic) bond motifs is 1. The molecule has 5 heteroatoms. The number of hydrogen-bond donors (Lipinski definition) is 1. The lowest BCUT2D eigenvalue weighted by Gasteiger charge is -2.31. The molecule has 2 aromatic rings. The van der Waals surface area contributed by atoms with E-state index >= 15 is 0 Å². The summed E-state index contributed by atoms with van der Waals surface area (Å²) in [7, 11) is 0. The zero-order valence-electron chi connectivity index (χ0n) is 12.6. The number of nitrogens with one attached hydrogen (secondary N) is 1. The van der Waals surface area contributed by atoms with Crippen LogP contribution < -0.4 is 10.2 Å². The first-order valence-corrected chi connectivity index (χ1v) is 8.09. The van der Waals surface area contributed by atoms with Crippen molar-refractivity contribution in [3.05, 3.63) is 24.2 Å². The normalized spacial score (nSPS) is 20.0. The predicted octanol–water partition coefficient (Wildman–Crippen LogP) is 2.01. The highest BCUT2D eigenvalue weighted by molar-refractivity contribution is 5.69. The molecule has 1 aliphatic heterocycles. The largest absolute Gasteiger partial charge is 0.352 e. The highest BCUT2D eigenvalue weighted by Crippen LogP contribution is 2.34. The van der Waals surface area contributed by atoms with E-state index in [0.717, 1.165) is 42.6 Å². The lowest BCUT2D eigenvalue weighted by Crippen LogP contribution is -2.37. The summed E-state index contributed by atoms with van der Waals surface area (Å²) in [5.41, 5.74) is 2.21. The minimum atomic E-state index is 0.689. The van der Waals surface area contributed by atoms with Gasteiger partial charge in [-0.1, -0.05) is 0 Å². The van der Waals surface area contributed by atoms with Crippen LogP contribution in [-0.4, -0.2) is 40.3 Å². The summed E-state index contributed by atoms with van der Waals surface area (Å²) in [5.74, 6) is 1.91. The van der Waals surface area contributed by atoms with Crippen LogP contribution in [0.4, 0.5) is 5.82 Å². The van der Waals surface area contributed by atoms with Gasteiger partial charge in [0, 0.05) is 25.0 Å². The van der Waals surface area contributed by atoms with Gasteiger partial charge in [-0.2, -0.15) is 5.10 Å². The SMILES string of the molecule is Cc1cc2c(N(CC3CCNCC3)C3CC3)nccn2n1. The van der Waals surface area contributed by atoms with Crippen molar-refractivity contribution in [3.8, 4) is 0 Å². The maximum atomic E-state index is 4.70. The van der Waals surface area contributed by atoms with Gasteiger partial charge in [-0.15, -0.1) is 0 Å². The molecule has 0 spiro atoms. The topological polar surface area (TPSA) is 45.5 Å². The Hall–Kier alpha value is -1.62. The number of hydrogen-bond acceptors (Lipinski definition) is 4. The molecule has 4 rings (SSSR count). The number of nitrogens with zero attached hydrogens (tertiary/aromatic N) is 4. The van der Waals surface area contributed by atoms with E-state index in [2.05, 4.69) is 21.4 Å². The molecule has 1 saturated carbocycles. The Balaban J connectivity index is 1.65. The average molecular weight is 285 g/mol. The van der Waals surface area contributed by atoms with Crippen LogP contribution >= 0.6 is 0 Å². The first-order valence-electron chi connectivity index (χ1n) is 8.09. The Morgan fingerprint density at radius 3 is 2.86 bits per heavy atom. The summed E-state index contributed by atoms with van der Waals surface area (Å²) >= 11 is 0. The van der Waals surface area contributed by atoms with Gasteiger partial charge >= 0.3 is 0 Å². The van der Waals surface area contributed by atoms with E-state index in [1.165, 1.54) is 25.7 Å². The first-order chi connectivity index (χ1) is 10.3. The van der Waals surface area contributed by atoms with Crippen LogP contribution in [0, 0.1) is 12.8 Å². The second-order valence-corrected chi connectivity index (χ2v) is 6.44. The summed E-state index contributed by atoms with van der Waals surface area (Å²) in [6.45, 7) is 5.51. The second-order valence-electron chi connectivity index (χ2n) is 6.44. The molecule has 2 aromatic heterocycles. The third-order valence-corrected chi connectivity index (χ3v) is 4.67. The summed E-state index contributed by atoms with van der Waals surface area (Å²) in [6.07, 6.45) is 9.00. The van der Waals surface area contributed by atoms with Gasteiger partial charge in [0.15, 0.2) is 5.82 Å². The fraction of sp³-hybridized carbons (Fsp3) is 0.625. The predicted molar refractivity (Wildman–Crippen MR) is 83.7 cm³/mol. The molecule has 0 radical (unpaired) electrons. The minimum absolute atomic E-state index is 0.689. The molecule has 1 N–H and O–H groups in total. The molecular formula is C16H23N5. The van der Waals surface area contributed by atoms with Gasteiger partial charge in [0.05, 0.1) is 5.69 Å². The zero-order valence-corrected chi connectivity index (χ0v) is 12.6. The minimum Gasteiger partial charge on any atom is -0.352 e. The summed E-state index contributed by atoms with van der Waals surface area (Å²) in [6, 6.07) is 2.84. The van der Waals surface area contributed by atoms with Gasteiger partial charge in [-0.25, -0.2) is 9.50 Å². The molecule has 1 saturated heterocycles. The molecule has 0 aromatic carbocycles. The van der Waals surface area contributed by atoms with Crippen LogP contribution in [-0.2, 0) is 0 Å². The van der Waals surface area contributed by atoms with Crippen LogP contribution in [0.2, 0.25) is 0 Å². The molecule has 0 unspecified atom stereocenters. The molecule has 3 heterocycles. The Kier molecular flexibility index (Phi) is 3.30. The van der Waals surface area contributed by atoms with Crippen molar-refractivity contribution in [1.82, 2.24) is 19.9 Å². The van der Waals surface area contributed by atoms with E-state index < -0.39 is 0 Å². The molecule has 0 bridgehead atoms. The Morgan fingerprint density at radius 1 is 1.29 bits per heavy atom. The van der Waals surface area contributed by atoms with Crippen LogP contribution in [0.5, 0.6) is 0 Å². The fourth-order valence-corrected chi connectivity index (χ4v) is 3.39. The molecule has 1 aliphatic carbocycles. The number of aromatic nitrogens is 3. The second kappa shape index (κ2) is 5.30. The van der Waals surface area contributed by atoms with Crippen molar-refractivity contribution in [1.29, 1.82) is 0 Å². The number of anilines is 1. The molecule has 0 amide bonds. The van der Waals surface area contributed by atoms with Crippen molar-refractivity contribution >= 4 is 11.3 Å². The van der Waals surface area contributed by atoms with E-state index in [1.807, 2.05) is 23.8 Å². The molecule has 21 heavy (non-hydrogen) atoms. The third-order valence-electron chi connectivity index (χ3n) is 4.67. The standard InChI is InChI=1S/C16H23N5/c1-12-10-15-16(18-8-9-21(15)19-12)20(14-2-3-14)11-13-4-6-17-7-5-13/h8-10,13-14,17H,2-7,11H2,1H3. The van der Waals surface area contributed by atoms with Gasteiger partial charge < -0.3 is 10.2 Å². The van der Waals surface area contributed by atoms with Crippen molar-refractivity contribution in [2.24, 2.45) is 5.92 Å². The van der Waals surface area contributed by atoms with Crippen molar-refractivity contribution in [2.45, 2.75) is 38.6 Å². The third kappa shape index (κ3) is 2.62. The Morgan fingerprint density at radius 2 is 2.10 bits per heavy atom. The number of piperidine rings is 1. The summed E-state index contributed by atoms with van der Waals surface area (Å²) < 4.78 is 1.97. The Bertz CT molecular complexity index is 625. The van der Waals surface area contributed by atoms with Crippen molar-refractivity contribution in [3.63, 3.8) is 0 Å².